The Morgan fingerprint density at radius 2 is 1.59 bits per heavy atom. The Morgan fingerprint density at radius 3 is 2.34 bits per heavy atom. The second kappa shape index (κ2) is 7.28. The fourth-order valence-corrected chi connectivity index (χ4v) is 3.57. The standard InChI is InChI=1S/C24H21N5/c1-28-17-21(15-27-28)19-10-12-20(13-11-19)22-16-26-24-9-5-8-23(29(22)24)25-14-18-6-3-2-4-7-18/h2-13,15-17,25H,14H2,1H3. The maximum absolute atomic E-state index is 4.60. The number of fused-ring (bicyclic) bond motifs is 1. The summed E-state index contributed by atoms with van der Waals surface area (Å²) in [6, 6.07) is 25.1. The molecular weight excluding hydrogens is 358 g/mol. The molecule has 0 bridgehead atoms. The number of hydrogen-bond donors (Lipinski definition) is 1. The third-order valence-corrected chi connectivity index (χ3v) is 5.06. The van der Waals surface area contributed by atoms with E-state index >= 15 is 0 Å². The monoisotopic (exact) mass is 379 g/mol. The molecule has 0 spiro atoms. The highest BCUT2D eigenvalue weighted by atomic mass is 15.2. The lowest BCUT2D eigenvalue weighted by Gasteiger charge is -2.12. The molecule has 0 aliphatic rings. The van der Waals surface area contributed by atoms with Gasteiger partial charge in [-0.1, -0.05) is 60.7 Å². The van der Waals surface area contributed by atoms with Crippen molar-refractivity contribution in [1.82, 2.24) is 19.2 Å². The Kier molecular flexibility index (Phi) is 4.33. The smallest absolute Gasteiger partial charge is 0.138 e. The van der Waals surface area contributed by atoms with Gasteiger partial charge in [0.1, 0.15) is 11.5 Å². The third-order valence-electron chi connectivity index (χ3n) is 5.06. The van der Waals surface area contributed by atoms with Gasteiger partial charge in [0.2, 0.25) is 0 Å². The summed E-state index contributed by atoms with van der Waals surface area (Å²) < 4.78 is 3.99. The maximum Gasteiger partial charge on any atom is 0.138 e. The summed E-state index contributed by atoms with van der Waals surface area (Å²) in [4.78, 5) is 4.60. The summed E-state index contributed by atoms with van der Waals surface area (Å²) >= 11 is 0. The second-order valence-electron chi connectivity index (χ2n) is 7.07. The molecule has 142 valence electrons. The molecule has 0 atom stereocenters. The van der Waals surface area contributed by atoms with E-state index in [-0.39, 0.29) is 0 Å². The minimum Gasteiger partial charge on any atom is -0.367 e. The Balaban J connectivity index is 1.48. The van der Waals surface area contributed by atoms with Gasteiger partial charge >= 0.3 is 0 Å². The highest BCUT2D eigenvalue weighted by Gasteiger charge is 2.10. The van der Waals surface area contributed by atoms with Gasteiger partial charge in [0.25, 0.3) is 0 Å². The molecule has 0 aliphatic heterocycles. The number of imidazole rings is 1. The first-order valence-electron chi connectivity index (χ1n) is 9.62. The number of aryl methyl sites for hydroxylation is 1. The Labute approximate surface area is 169 Å². The zero-order chi connectivity index (χ0) is 19.6. The summed E-state index contributed by atoms with van der Waals surface area (Å²) in [5, 5.41) is 7.81. The first-order chi connectivity index (χ1) is 14.3. The third kappa shape index (κ3) is 3.38. The fourth-order valence-electron chi connectivity index (χ4n) is 3.57. The quantitative estimate of drug-likeness (QED) is 0.467. The molecule has 0 amide bonds. The van der Waals surface area contributed by atoms with Crippen molar-refractivity contribution in [3.63, 3.8) is 0 Å². The van der Waals surface area contributed by atoms with Crippen LogP contribution in [0.15, 0.2) is 91.4 Å². The van der Waals surface area contributed by atoms with Crippen molar-refractivity contribution < 1.29 is 0 Å². The van der Waals surface area contributed by atoms with Crippen LogP contribution >= 0.6 is 0 Å². The highest BCUT2D eigenvalue weighted by Crippen LogP contribution is 2.27. The zero-order valence-corrected chi connectivity index (χ0v) is 16.2. The van der Waals surface area contributed by atoms with Gasteiger partial charge in [0, 0.05) is 30.9 Å². The second-order valence-corrected chi connectivity index (χ2v) is 7.07. The van der Waals surface area contributed by atoms with Gasteiger partial charge in [-0.25, -0.2) is 4.98 Å². The van der Waals surface area contributed by atoms with E-state index < -0.39 is 0 Å². The van der Waals surface area contributed by atoms with Crippen LogP contribution in [0.25, 0.3) is 28.0 Å². The lowest BCUT2D eigenvalue weighted by molar-refractivity contribution is 0.768. The number of nitrogens with zero attached hydrogens (tertiary/aromatic N) is 4. The van der Waals surface area contributed by atoms with Crippen LogP contribution in [0.2, 0.25) is 0 Å². The summed E-state index contributed by atoms with van der Waals surface area (Å²) in [5.41, 5.74) is 6.62. The van der Waals surface area contributed by atoms with Crippen molar-refractivity contribution >= 4 is 11.5 Å². The normalized spacial score (nSPS) is 11.1. The van der Waals surface area contributed by atoms with E-state index in [2.05, 4.69) is 74.4 Å². The number of benzene rings is 2. The van der Waals surface area contributed by atoms with Crippen LogP contribution < -0.4 is 5.32 Å². The van der Waals surface area contributed by atoms with Crippen molar-refractivity contribution in [2.24, 2.45) is 7.05 Å². The first kappa shape index (κ1) is 17.3. The molecule has 0 fully saturated rings. The van der Waals surface area contributed by atoms with Crippen LogP contribution in [0, 0.1) is 0 Å². The van der Waals surface area contributed by atoms with E-state index in [0.717, 1.165) is 40.4 Å². The molecule has 0 aliphatic carbocycles. The minimum absolute atomic E-state index is 0.761. The van der Waals surface area contributed by atoms with Crippen molar-refractivity contribution in [1.29, 1.82) is 0 Å². The van der Waals surface area contributed by atoms with E-state index in [1.165, 1.54) is 5.56 Å². The van der Waals surface area contributed by atoms with Gasteiger partial charge in [-0.15, -0.1) is 0 Å². The molecule has 3 heterocycles. The number of aromatic nitrogens is 4. The number of hydrogen-bond acceptors (Lipinski definition) is 3. The molecule has 5 nitrogen and oxygen atoms in total. The first-order valence-corrected chi connectivity index (χ1v) is 9.62. The van der Waals surface area contributed by atoms with Crippen LogP contribution in [0.5, 0.6) is 0 Å². The number of anilines is 1. The van der Waals surface area contributed by atoms with Crippen molar-refractivity contribution in [3.8, 4) is 22.4 Å². The average Bonchev–Trinajstić information content (AvgIpc) is 3.40. The summed E-state index contributed by atoms with van der Waals surface area (Å²) in [6.45, 7) is 0.761. The molecule has 0 unspecified atom stereocenters. The Hall–Kier alpha value is -3.86. The van der Waals surface area contributed by atoms with Crippen LogP contribution in [-0.2, 0) is 13.6 Å². The maximum atomic E-state index is 4.60. The number of pyridine rings is 1. The fraction of sp³-hybridized carbons (Fsp3) is 0.0833. The van der Waals surface area contributed by atoms with Gasteiger partial charge < -0.3 is 5.32 Å². The lowest BCUT2D eigenvalue weighted by Crippen LogP contribution is -2.04. The SMILES string of the molecule is Cn1cc(-c2ccc(-c3cnc4cccc(NCc5ccccc5)n34)cc2)cn1. The molecule has 0 saturated heterocycles. The van der Waals surface area contributed by atoms with Crippen LogP contribution in [0.1, 0.15) is 5.56 Å². The lowest BCUT2D eigenvalue weighted by atomic mass is 10.1. The molecule has 0 radical (unpaired) electrons. The van der Waals surface area contributed by atoms with E-state index in [9.17, 15) is 0 Å². The van der Waals surface area contributed by atoms with Crippen molar-refractivity contribution in [2.75, 3.05) is 5.32 Å². The summed E-state index contributed by atoms with van der Waals surface area (Å²) in [6.07, 6.45) is 5.84. The molecule has 1 N–H and O–H groups in total. The zero-order valence-electron chi connectivity index (χ0n) is 16.2. The summed E-state index contributed by atoms with van der Waals surface area (Å²) in [5.74, 6) is 1.02. The highest BCUT2D eigenvalue weighted by molar-refractivity contribution is 5.71. The van der Waals surface area contributed by atoms with Gasteiger partial charge in [-0.2, -0.15) is 5.10 Å². The van der Waals surface area contributed by atoms with E-state index in [1.807, 2.05) is 48.5 Å². The Bertz CT molecular complexity index is 1250. The van der Waals surface area contributed by atoms with E-state index in [0.29, 0.717) is 0 Å². The molecule has 0 saturated carbocycles. The number of nitrogens with one attached hydrogen (secondary N) is 1. The molecule has 29 heavy (non-hydrogen) atoms. The van der Waals surface area contributed by atoms with E-state index in [1.54, 1.807) is 0 Å². The van der Waals surface area contributed by atoms with E-state index in [4.69, 9.17) is 0 Å². The van der Waals surface area contributed by atoms with Crippen LogP contribution in [-0.4, -0.2) is 19.2 Å². The van der Waals surface area contributed by atoms with Gasteiger partial charge in [-0.05, 0) is 23.3 Å². The molecule has 5 heteroatoms. The summed E-state index contributed by atoms with van der Waals surface area (Å²) in [7, 11) is 1.93. The Morgan fingerprint density at radius 1 is 0.793 bits per heavy atom. The predicted molar refractivity (Wildman–Crippen MR) is 117 cm³/mol. The van der Waals surface area contributed by atoms with Gasteiger partial charge in [-0.3, -0.25) is 9.08 Å². The molecule has 5 aromatic rings. The largest absolute Gasteiger partial charge is 0.367 e. The predicted octanol–water partition coefficient (Wildman–Crippen LogP) is 5.01. The molecule has 5 rings (SSSR count). The molecular formula is C24H21N5. The van der Waals surface area contributed by atoms with Crippen LogP contribution in [0.4, 0.5) is 5.82 Å². The van der Waals surface area contributed by atoms with Gasteiger partial charge in [0.15, 0.2) is 0 Å². The van der Waals surface area contributed by atoms with Crippen molar-refractivity contribution in [2.45, 2.75) is 6.54 Å². The minimum atomic E-state index is 0.761. The van der Waals surface area contributed by atoms with Crippen molar-refractivity contribution in [3.05, 3.63) is 97.0 Å². The average molecular weight is 379 g/mol. The topological polar surface area (TPSA) is 47.2 Å². The van der Waals surface area contributed by atoms with Crippen LogP contribution in [0.3, 0.4) is 0 Å². The molecule has 2 aromatic carbocycles. The molecule has 3 aromatic heterocycles. The van der Waals surface area contributed by atoms with Gasteiger partial charge in [0.05, 0.1) is 18.1 Å². The number of rotatable bonds is 5.